The maximum absolute atomic E-state index is 10.9. The lowest BCUT2D eigenvalue weighted by atomic mass is 9.99. The lowest BCUT2D eigenvalue weighted by Crippen LogP contribution is -2.17. The Labute approximate surface area is 103 Å². The smallest absolute Gasteiger partial charge is 0.307 e. The molecular weight excluding hydrogens is 238 g/mol. The van der Waals surface area contributed by atoms with Gasteiger partial charge in [-0.25, -0.2) is 0 Å². The molecule has 0 saturated carbocycles. The SMILES string of the molecule is O=C(O)C1CNC(c2cc(O)cc3c2OCO3)C1. The highest BCUT2D eigenvalue weighted by Crippen LogP contribution is 2.44. The molecule has 1 fully saturated rings. The second-order valence-corrected chi connectivity index (χ2v) is 4.50. The van der Waals surface area contributed by atoms with Gasteiger partial charge in [0, 0.05) is 24.2 Å². The van der Waals surface area contributed by atoms with E-state index < -0.39 is 11.9 Å². The molecule has 0 aliphatic carbocycles. The standard InChI is InChI=1S/C12H13NO5/c14-7-2-8(11-10(3-7)17-5-18-11)9-1-6(4-13-9)12(15)16/h2-3,6,9,13-14H,1,4-5H2,(H,15,16). The van der Waals surface area contributed by atoms with Crippen LogP contribution in [0, 0.1) is 5.92 Å². The van der Waals surface area contributed by atoms with E-state index in [0.717, 1.165) is 5.56 Å². The Bertz CT molecular complexity index is 501. The molecule has 2 aliphatic heterocycles. The van der Waals surface area contributed by atoms with Crippen LogP contribution in [-0.2, 0) is 4.79 Å². The van der Waals surface area contributed by atoms with E-state index in [4.69, 9.17) is 14.6 Å². The van der Waals surface area contributed by atoms with Crippen molar-refractivity contribution in [1.29, 1.82) is 0 Å². The number of fused-ring (bicyclic) bond motifs is 1. The summed E-state index contributed by atoms with van der Waals surface area (Å²) in [6, 6.07) is 2.96. The summed E-state index contributed by atoms with van der Waals surface area (Å²) in [5.74, 6) is -0.0222. The van der Waals surface area contributed by atoms with Crippen LogP contribution in [0.3, 0.4) is 0 Å². The van der Waals surface area contributed by atoms with Crippen LogP contribution in [0.15, 0.2) is 12.1 Å². The third kappa shape index (κ3) is 1.74. The summed E-state index contributed by atoms with van der Waals surface area (Å²) < 4.78 is 10.6. The van der Waals surface area contributed by atoms with Crippen molar-refractivity contribution in [3.8, 4) is 17.2 Å². The molecule has 0 bridgehead atoms. The van der Waals surface area contributed by atoms with Crippen LogP contribution in [0.25, 0.3) is 0 Å². The van der Waals surface area contributed by atoms with E-state index in [0.29, 0.717) is 24.5 Å². The highest BCUT2D eigenvalue weighted by Gasteiger charge is 2.33. The number of carbonyl (C=O) groups is 1. The number of hydrogen-bond acceptors (Lipinski definition) is 5. The van der Waals surface area contributed by atoms with Crippen molar-refractivity contribution < 1.29 is 24.5 Å². The van der Waals surface area contributed by atoms with Crippen LogP contribution in [0.5, 0.6) is 17.2 Å². The van der Waals surface area contributed by atoms with Crippen LogP contribution in [0.1, 0.15) is 18.0 Å². The number of aliphatic carboxylic acids is 1. The van der Waals surface area contributed by atoms with Gasteiger partial charge in [-0.3, -0.25) is 4.79 Å². The molecule has 2 aliphatic rings. The maximum atomic E-state index is 10.9. The molecule has 0 radical (unpaired) electrons. The van der Waals surface area contributed by atoms with Crippen LogP contribution < -0.4 is 14.8 Å². The molecule has 2 unspecified atom stereocenters. The minimum absolute atomic E-state index is 0.0924. The molecule has 6 nitrogen and oxygen atoms in total. The van der Waals surface area contributed by atoms with Gasteiger partial charge in [0.05, 0.1) is 5.92 Å². The fourth-order valence-corrected chi connectivity index (χ4v) is 2.44. The first-order valence-electron chi connectivity index (χ1n) is 5.74. The molecule has 2 atom stereocenters. The van der Waals surface area contributed by atoms with Crippen molar-refractivity contribution in [3.05, 3.63) is 17.7 Å². The van der Waals surface area contributed by atoms with Gasteiger partial charge in [0.2, 0.25) is 6.79 Å². The van der Waals surface area contributed by atoms with Crippen LogP contribution in [-0.4, -0.2) is 29.5 Å². The van der Waals surface area contributed by atoms with Gasteiger partial charge in [-0.1, -0.05) is 0 Å². The minimum Gasteiger partial charge on any atom is -0.508 e. The summed E-state index contributed by atoms with van der Waals surface area (Å²) in [4.78, 5) is 10.9. The number of rotatable bonds is 2. The zero-order valence-corrected chi connectivity index (χ0v) is 9.55. The number of phenols is 1. The third-order valence-corrected chi connectivity index (χ3v) is 3.34. The minimum atomic E-state index is -0.807. The lowest BCUT2D eigenvalue weighted by Gasteiger charge is -2.13. The summed E-state index contributed by atoms with van der Waals surface area (Å²) in [5, 5.41) is 21.7. The average Bonchev–Trinajstić information content (AvgIpc) is 2.95. The molecule has 3 N–H and O–H groups in total. The topological polar surface area (TPSA) is 88.0 Å². The van der Waals surface area contributed by atoms with Crippen LogP contribution in [0.2, 0.25) is 0 Å². The van der Waals surface area contributed by atoms with Gasteiger partial charge in [-0.15, -0.1) is 0 Å². The Morgan fingerprint density at radius 3 is 2.94 bits per heavy atom. The van der Waals surface area contributed by atoms with Gasteiger partial charge in [0.15, 0.2) is 11.5 Å². The molecule has 3 rings (SSSR count). The van der Waals surface area contributed by atoms with E-state index in [-0.39, 0.29) is 18.6 Å². The Morgan fingerprint density at radius 2 is 2.22 bits per heavy atom. The number of phenolic OH excluding ortho intramolecular Hbond substituents is 1. The van der Waals surface area contributed by atoms with Gasteiger partial charge in [0.1, 0.15) is 5.75 Å². The Balaban J connectivity index is 1.91. The zero-order chi connectivity index (χ0) is 12.7. The number of benzene rings is 1. The Kier molecular flexibility index (Phi) is 2.52. The summed E-state index contributed by atoms with van der Waals surface area (Å²) >= 11 is 0. The molecule has 1 aromatic carbocycles. The second kappa shape index (κ2) is 4.06. The number of carboxylic acid groups (broad SMARTS) is 1. The Hall–Kier alpha value is -1.95. The number of nitrogens with one attached hydrogen (secondary N) is 1. The van der Waals surface area contributed by atoms with E-state index in [9.17, 15) is 9.90 Å². The van der Waals surface area contributed by atoms with Gasteiger partial charge >= 0.3 is 5.97 Å². The highest BCUT2D eigenvalue weighted by atomic mass is 16.7. The van der Waals surface area contributed by atoms with Gasteiger partial charge < -0.3 is 25.0 Å². The first-order chi connectivity index (χ1) is 8.65. The normalized spacial score (nSPS) is 25.3. The van der Waals surface area contributed by atoms with Gasteiger partial charge in [-0.2, -0.15) is 0 Å². The summed E-state index contributed by atoms with van der Waals surface area (Å²) in [5.41, 5.74) is 0.756. The molecule has 0 amide bonds. The van der Waals surface area contributed by atoms with Crippen molar-refractivity contribution in [2.75, 3.05) is 13.3 Å². The number of hydrogen-bond donors (Lipinski definition) is 3. The van der Waals surface area contributed by atoms with Crippen LogP contribution in [0.4, 0.5) is 0 Å². The number of ether oxygens (including phenoxy) is 2. The molecule has 0 spiro atoms. The molecule has 2 heterocycles. The molecule has 96 valence electrons. The van der Waals surface area contributed by atoms with Crippen molar-refractivity contribution >= 4 is 5.97 Å². The van der Waals surface area contributed by atoms with Gasteiger partial charge in [-0.05, 0) is 12.5 Å². The lowest BCUT2D eigenvalue weighted by molar-refractivity contribution is -0.141. The quantitative estimate of drug-likeness (QED) is 0.722. The third-order valence-electron chi connectivity index (χ3n) is 3.34. The van der Waals surface area contributed by atoms with Crippen molar-refractivity contribution in [1.82, 2.24) is 5.32 Å². The van der Waals surface area contributed by atoms with Crippen molar-refractivity contribution in [2.24, 2.45) is 5.92 Å². The number of carboxylic acids is 1. The summed E-state index contributed by atoms with van der Waals surface area (Å²) in [7, 11) is 0. The molecule has 0 aromatic heterocycles. The van der Waals surface area contributed by atoms with Crippen molar-refractivity contribution in [3.63, 3.8) is 0 Å². The zero-order valence-electron chi connectivity index (χ0n) is 9.55. The molecule has 18 heavy (non-hydrogen) atoms. The Morgan fingerprint density at radius 1 is 1.39 bits per heavy atom. The summed E-state index contributed by atoms with van der Waals surface area (Å²) in [6.45, 7) is 0.548. The van der Waals surface area contributed by atoms with E-state index in [1.807, 2.05) is 0 Å². The monoisotopic (exact) mass is 251 g/mol. The first kappa shape index (κ1) is 11.2. The fraction of sp³-hybridized carbons (Fsp3) is 0.417. The molecule has 1 saturated heterocycles. The van der Waals surface area contributed by atoms with E-state index >= 15 is 0 Å². The van der Waals surface area contributed by atoms with Gasteiger partial charge in [0.25, 0.3) is 0 Å². The van der Waals surface area contributed by atoms with E-state index in [2.05, 4.69) is 5.32 Å². The van der Waals surface area contributed by atoms with E-state index in [1.165, 1.54) is 6.07 Å². The fourth-order valence-electron chi connectivity index (χ4n) is 2.44. The van der Waals surface area contributed by atoms with E-state index in [1.54, 1.807) is 6.07 Å². The highest BCUT2D eigenvalue weighted by molar-refractivity contribution is 5.71. The molecule has 6 heteroatoms. The molecule has 1 aromatic rings. The largest absolute Gasteiger partial charge is 0.508 e. The number of aromatic hydroxyl groups is 1. The van der Waals surface area contributed by atoms with Crippen molar-refractivity contribution in [2.45, 2.75) is 12.5 Å². The second-order valence-electron chi connectivity index (χ2n) is 4.50. The van der Waals surface area contributed by atoms with Crippen LogP contribution >= 0.6 is 0 Å². The average molecular weight is 251 g/mol. The predicted molar refractivity (Wildman–Crippen MR) is 60.7 cm³/mol. The summed E-state index contributed by atoms with van der Waals surface area (Å²) in [6.07, 6.45) is 0.481. The predicted octanol–water partition coefficient (Wildman–Crippen LogP) is 0.856. The maximum Gasteiger partial charge on any atom is 0.307 e. The first-order valence-corrected chi connectivity index (χ1v) is 5.74. The molecular formula is C12H13NO5.